The minimum atomic E-state index is -0.171. The van der Waals surface area contributed by atoms with Crippen LogP contribution in [0.5, 0.6) is 0 Å². The van der Waals surface area contributed by atoms with Gasteiger partial charge in [-0.25, -0.2) is 4.98 Å². The molecule has 0 fully saturated rings. The van der Waals surface area contributed by atoms with Gasteiger partial charge in [-0.05, 0) is 0 Å². The minimum Gasteiger partial charge on any atom is -0.377 e. The summed E-state index contributed by atoms with van der Waals surface area (Å²) < 4.78 is 4.93. The molecular weight excluding hydrogens is 308 g/mol. The fraction of sp³-hybridized carbons (Fsp3) is 0.400. The molecule has 102 valence electrons. The van der Waals surface area contributed by atoms with Crippen LogP contribution in [-0.2, 0) is 28.4 Å². The first-order valence-electron chi connectivity index (χ1n) is 5.31. The van der Waals surface area contributed by atoms with Gasteiger partial charge in [0.1, 0.15) is 16.6 Å². The molecule has 2 rings (SSSR count). The molecule has 0 bridgehead atoms. The van der Waals surface area contributed by atoms with E-state index in [4.69, 9.17) is 16.3 Å². The first-order chi connectivity index (χ1) is 9.21. The van der Waals surface area contributed by atoms with Crippen molar-refractivity contribution < 1.29 is 9.53 Å². The molecule has 2 heterocycles. The second-order valence-electron chi connectivity index (χ2n) is 3.53. The Kier molecular flexibility index (Phi) is 5.20. The van der Waals surface area contributed by atoms with Crippen molar-refractivity contribution in [3.63, 3.8) is 0 Å². The van der Waals surface area contributed by atoms with Gasteiger partial charge in [0.25, 0.3) is 0 Å². The summed E-state index contributed by atoms with van der Waals surface area (Å²) in [6.45, 7) is 0.388. The Morgan fingerprint density at radius 3 is 3.00 bits per heavy atom. The van der Waals surface area contributed by atoms with Gasteiger partial charge in [0.15, 0.2) is 0 Å². The average molecular weight is 319 g/mol. The van der Waals surface area contributed by atoms with Gasteiger partial charge >= 0.3 is 0 Å². The number of aromatic nitrogens is 3. The number of carbonyl (C=O) groups excluding carboxylic acids is 1. The maximum Gasteiger partial charge on any atom is 0.233 e. The molecule has 1 amide bonds. The molecule has 0 atom stereocenters. The first kappa shape index (κ1) is 14.3. The summed E-state index contributed by atoms with van der Waals surface area (Å²) in [6, 6.07) is 0. The van der Waals surface area contributed by atoms with E-state index < -0.39 is 0 Å². The number of methoxy groups -OCH3 is 1. The van der Waals surface area contributed by atoms with Crippen LogP contribution in [-0.4, -0.2) is 28.2 Å². The third-order valence-corrected chi connectivity index (χ3v) is 4.01. The molecule has 0 saturated heterocycles. The quantitative estimate of drug-likeness (QED) is 0.825. The standard InChI is InChI=1S/C10H11ClN4O2S2/c1-17-4-9-14-15-10(19-9)13-7(16)2-8-12-6(3-11)5-18-8/h5H,2-4H2,1H3,(H,13,15,16). The number of amides is 1. The second kappa shape index (κ2) is 6.90. The Hall–Kier alpha value is -1.09. The topological polar surface area (TPSA) is 77.0 Å². The van der Waals surface area contributed by atoms with E-state index in [-0.39, 0.29) is 12.3 Å². The molecule has 2 aromatic heterocycles. The van der Waals surface area contributed by atoms with Crippen LogP contribution in [0.15, 0.2) is 5.38 Å². The number of nitrogens with one attached hydrogen (secondary N) is 1. The van der Waals surface area contributed by atoms with Crippen molar-refractivity contribution in [3.05, 3.63) is 21.1 Å². The maximum atomic E-state index is 11.8. The molecule has 6 nitrogen and oxygen atoms in total. The number of carbonyl (C=O) groups is 1. The Morgan fingerprint density at radius 1 is 1.47 bits per heavy atom. The highest BCUT2D eigenvalue weighted by atomic mass is 35.5. The van der Waals surface area contributed by atoms with E-state index in [1.807, 2.05) is 5.38 Å². The number of halogens is 1. The molecule has 0 aromatic carbocycles. The van der Waals surface area contributed by atoms with Gasteiger partial charge < -0.3 is 10.1 Å². The van der Waals surface area contributed by atoms with Crippen molar-refractivity contribution >= 4 is 45.3 Å². The number of thiazole rings is 1. The molecule has 0 saturated carbocycles. The van der Waals surface area contributed by atoms with Gasteiger partial charge in [0.05, 0.1) is 18.0 Å². The van der Waals surface area contributed by atoms with Crippen molar-refractivity contribution in [1.82, 2.24) is 15.2 Å². The van der Waals surface area contributed by atoms with E-state index in [1.165, 1.54) is 22.7 Å². The van der Waals surface area contributed by atoms with Crippen LogP contribution in [0.25, 0.3) is 0 Å². The van der Waals surface area contributed by atoms with Crippen LogP contribution in [0, 0.1) is 0 Å². The Balaban J connectivity index is 1.89. The van der Waals surface area contributed by atoms with E-state index in [2.05, 4.69) is 20.5 Å². The normalized spacial score (nSPS) is 10.6. The van der Waals surface area contributed by atoms with Gasteiger partial charge in [-0.3, -0.25) is 4.79 Å². The van der Waals surface area contributed by atoms with Gasteiger partial charge in [-0.1, -0.05) is 11.3 Å². The summed E-state index contributed by atoms with van der Waals surface area (Å²) in [7, 11) is 1.58. The molecule has 0 unspecified atom stereocenters. The summed E-state index contributed by atoms with van der Waals surface area (Å²) in [4.78, 5) is 16.0. The van der Waals surface area contributed by atoms with Crippen LogP contribution < -0.4 is 5.32 Å². The number of nitrogens with zero attached hydrogens (tertiary/aromatic N) is 3. The molecular formula is C10H11ClN4O2S2. The zero-order chi connectivity index (χ0) is 13.7. The van der Waals surface area contributed by atoms with E-state index in [0.29, 0.717) is 17.6 Å². The first-order valence-corrected chi connectivity index (χ1v) is 7.54. The van der Waals surface area contributed by atoms with E-state index in [0.717, 1.165) is 15.7 Å². The highest BCUT2D eigenvalue weighted by Crippen LogP contribution is 2.17. The number of anilines is 1. The van der Waals surface area contributed by atoms with Crippen LogP contribution in [0.3, 0.4) is 0 Å². The van der Waals surface area contributed by atoms with Gasteiger partial charge in [0, 0.05) is 12.5 Å². The molecule has 0 aliphatic heterocycles. The fourth-order valence-corrected chi connectivity index (χ4v) is 3.03. The number of hydrogen-bond acceptors (Lipinski definition) is 7. The van der Waals surface area contributed by atoms with Crippen molar-refractivity contribution in [2.75, 3.05) is 12.4 Å². The largest absolute Gasteiger partial charge is 0.377 e. The van der Waals surface area contributed by atoms with Gasteiger partial charge in [-0.2, -0.15) is 0 Å². The van der Waals surface area contributed by atoms with Crippen LogP contribution in [0.2, 0.25) is 0 Å². The monoisotopic (exact) mass is 318 g/mol. The summed E-state index contributed by atoms with van der Waals surface area (Å²) in [5.74, 6) is 0.185. The average Bonchev–Trinajstić information content (AvgIpc) is 2.99. The SMILES string of the molecule is COCc1nnc(NC(=O)Cc2nc(CCl)cs2)s1. The third-order valence-electron chi connectivity index (χ3n) is 2.03. The highest BCUT2D eigenvalue weighted by Gasteiger charge is 2.11. The maximum absolute atomic E-state index is 11.8. The molecule has 0 radical (unpaired) electrons. The third kappa shape index (κ3) is 4.20. The molecule has 19 heavy (non-hydrogen) atoms. The highest BCUT2D eigenvalue weighted by molar-refractivity contribution is 7.15. The lowest BCUT2D eigenvalue weighted by atomic mass is 10.4. The molecule has 1 N–H and O–H groups in total. The molecule has 0 aliphatic carbocycles. The number of rotatable bonds is 6. The van der Waals surface area contributed by atoms with Crippen LogP contribution >= 0.6 is 34.3 Å². The van der Waals surface area contributed by atoms with Crippen molar-refractivity contribution in [3.8, 4) is 0 Å². The van der Waals surface area contributed by atoms with Crippen molar-refractivity contribution in [1.29, 1.82) is 0 Å². The lowest BCUT2D eigenvalue weighted by molar-refractivity contribution is -0.115. The Labute approximate surface area is 122 Å². The predicted molar refractivity (Wildman–Crippen MR) is 74.6 cm³/mol. The van der Waals surface area contributed by atoms with Crippen molar-refractivity contribution in [2.24, 2.45) is 0 Å². The van der Waals surface area contributed by atoms with Gasteiger partial charge in [0.2, 0.25) is 11.0 Å². The molecule has 0 aliphatic rings. The smallest absolute Gasteiger partial charge is 0.233 e. The predicted octanol–water partition coefficient (Wildman–Crippen LogP) is 2.06. The minimum absolute atomic E-state index is 0.171. The number of alkyl halides is 1. The fourth-order valence-electron chi connectivity index (χ4n) is 1.28. The zero-order valence-corrected chi connectivity index (χ0v) is 12.4. The number of ether oxygens (including phenoxy) is 1. The summed E-state index contributed by atoms with van der Waals surface area (Å²) in [5, 5.41) is 14.2. The summed E-state index contributed by atoms with van der Waals surface area (Å²) in [5.41, 5.74) is 0.785. The summed E-state index contributed by atoms with van der Waals surface area (Å²) >= 11 is 8.36. The molecule has 9 heteroatoms. The number of hydrogen-bond donors (Lipinski definition) is 1. The lowest BCUT2D eigenvalue weighted by Gasteiger charge is -1.97. The van der Waals surface area contributed by atoms with E-state index >= 15 is 0 Å². The molecule has 2 aromatic rings. The Bertz CT molecular complexity index is 557. The van der Waals surface area contributed by atoms with E-state index in [1.54, 1.807) is 7.11 Å². The van der Waals surface area contributed by atoms with Gasteiger partial charge in [-0.15, -0.1) is 33.1 Å². The summed E-state index contributed by atoms with van der Waals surface area (Å²) in [6.07, 6.45) is 0.209. The lowest BCUT2D eigenvalue weighted by Crippen LogP contribution is -2.14. The van der Waals surface area contributed by atoms with Crippen LogP contribution in [0.1, 0.15) is 15.7 Å². The Morgan fingerprint density at radius 2 is 2.32 bits per heavy atom. The molecule has 0 spiro atoms. The zero-order valence-electron chi connectivity index (χ0n) is 10.1. The van der Waals surface area contributed by atoms with Crippen molar-refractivity contribution in [2.45, 2.75) is 18.9 Å². The van der Waals surface area contributed by atoms with Crippen LogP contribution in [0.4, 0.5) is 5.13 Å². The van der Waals surface area contributed by atoms with E-state index in [9.17, 15) is 4.79 Å². The second-order valence-corrected chi connectivity index (χ2v) is 5.80.